The van der Waals surface area contributed by atoms with Crippen LogP contribution in [0.5, 0.6) is 0 Å². The van der Waals surface area contributed by atoms with Crippen molar-refractivity contribution in [2.24, 2.45) is 7.05 Å². The Balaban J connectivity index is 1.52. The van der Waals surface area contributed by atoms with E-state index in [1.807, 2.05) is 18.2 Å². The number of benzene rings is 2. The van der Waals surface area contributed by atoms with E-state index in [4.69, 9.17) is 0 Å². The summed E-state index contributed by atoms with van der Waals surface area (Å²) in [6.07, 6.45) is 0. The number of thiazole rings is 1. The maximum absolute atomic E-state index is 13.0. The molecule has 1 aromatic heterocycles. The average molecular weight is 418 g/mol. The molecule has 0 saturated carbocycles. The second-order valence-corrected chi connectivity index (χ2v) is 9.55. The first-order chi connectivity index (χ1) is 13.4. The molecular weight excluding hydrogens is 398 g/mol. The van der Waals surface area contributed by atoms with Crippen molar-refractivity contribution in [2.75, 3.05) is 26.2 Å². The van der Waals surface area contributed by atoms with Crippen LogP contribution in [0, 0.1) is 0 Å². The number of piperazine rings is 1. The quantitative estimate of drug-likeness (QED) is 0.650. The van der Waals surface area contributed by atoms with Gasteiger partial charge in [0, 0.05) is 38.8 Å². The number of hydrogen-bond donors (Lipinski definition) is 0. The zero-order chi connectivity index (χ0) is 19.9. The standard InChI is InChI=1S/C19H19N3O4S2/c1-20-16-8-7-15(13-17(16)27-19(20)24)28(25,26)22-11-9-21(10-12-22)18(23)14-5-3-2-4-6-14/h2-8,13H,9-12H2,1H3. The molecule has 7 nitrogen and oxygen atoms in total. The number of sulfonamides is 1. The third-order valence-corrected chi connectivity index (χ3v) is 7.84. The van der Waals surface area contributed by atoms with Crippen LogP contribution in [0.4, 0.5) is 0 Å². The molecule has 2 aromatic carbocycles. The molecule has 0 unspecified atom stereocenters. The zero-order valence-electron chi connectivity index (χ0n) is 15.2. The Morgan fingerprint density at radius 1 is 1.00 bits per heavy atom. The monoisotopic (exact) mass is 417 g/mol. The van der Waals surface area contributed by atoms with Crippen LogP contribution in [0.25, 0.3) is 10.2 Å². The van der Waals surface area contributed by atoms with Crippen LogP contribution in [0.1, 0.15) is 10.4 Å². The summed E-state index contributed by atoms with van der Waals surface area (Å²) in [5.74, 6) is -0.0897. The van der Waals surface area contributed by atoms with Crippen molar-refractivity contribution < 1.29 is 13.2 Å². The predicted octanol–water partition coefficient (Wildman–Crippen LogP) is 1.75. The number of rotatable bonds is 3. The van der Waals surface area contributed by atoms with E-state index < -0.39 is 10.0 Å². The van der Waals surface area contributed by atoms with Crippen molar-refractivity contribution in [3.8, 4) is 0 Å². The molecule has 1 amide bonds. The van der Waals surface area contributed by atoms with Gasteiger partial charge in [0.15, 0.2) is 0 Å². The van der Waals surface area contributed by atoms with E-state index in [1.165, 1.54) is 14.9 Å². The number of carbonyl (C=O) groups is 1. The maximum atomic E-state index is 13.0. The second-order valence-electron chi connectivity index (χ2n) is 6.62. The summed E-state index contributed by atoms with van der Waals surface area (Å²) in [5.41, 5.74) is 1.32. The first-order valence-electron chi connectivity index (χ1n) is 8.82. The van der Waals surface area contributed by atoms with Gasteiger partial charge in [0.05, 0.1) is 15.1 Å². The molecule has 0 spiro atoms. The first kappa shape index (κ1) is 18.9. The number of hydrogen-bond acceptors (Lipinski definition) is 5. The first-order valence-corrected chi connectivity index (χ1v) is 11.1. The summed E-state index contributed by atoms with van der Waals surface area (Å²) < 4.78 is 29.6. The highest BCUT2D eigenvalue weighted by molar-refractivity contribution is 7.89. The van der Waals surface area contributed by atoms with Crippen LogP contribution in [-0.4, -0.2) is 54.3 Å². The van der Waals surface area contributed by atoms with Crippen molar-refractivity contribution in [3.05, 3.63) is 63.8 Å². The molecule has 1 aliphatic heterocycles. The molecule has 0 N–H and O–H groups in total. The molecule has 0 bridgehead atoms. The van der Waals surface area contributed by atoms with Gasteiger partial charge < -0.3 is 9.47 Å². The van der Waals surface area contributed by atoms with Crippen molar-refractivity contribution >= 4 is 37.5 Å². The van der Waals surface area contributed by atoms with Gasteiger partial charge in [-0.05, 0) is 30.3 Å². The highest BCUT2D eigenvalue weighted by Crippen LogP contribution is 2.24. The van der Waals surface area contributed by atoms with Crippen molar-refractivity contribution in [1.82, 2.24) is 13.8 Å². The van der Waals surface area contributed by atoms with Gasteiger partial charge in [-0.1, -0.05) is 29.5 Å². The second kappa shape index (κ2) is 7.16. The lowest BCUT2D eigenvalue weighted by Gasteiger charge is -2.34. The normalized spacial score (nSPS) is 15.8. The summed E-state index contributed by atoms with van der Waals surface area (Å²) in [5, 5.41) is 0. The highest BCUT2D eigenvalue weighted by Gasteiger charge is 2.30. The fraction of sp³-hybridized carbons (Fsp3) is 0.263. The minimum Gasteiger partial charge on any atom is -0.336 e. The maximum Gasteiger partial charge on any atom is 0.307 e. The lowest BCUT2D eigenvalue weighted by molar-refractivity contribution is 0.0698. The lowest BCUT2D eigenvalue weighted by atomic mass is 10.2. The van der Waals surface area contributed by atoms with E-state index >= 15 is 0 Å². The molecule has 1 aliphatic rings. The number of aromatic nitrogens is 1. The lowest BCUT2D eigenvalue weighted by Crippen LogP contribution is -2.50. The molecule has 2 heterocycles. The van der Waals surface area contributed by atoms with Gasteiger partial charge in [0.25, 0.3) is 5.91 Å². The number of fused-ring (bicyclic) bond motifs is 1. The van der Waals surface area contributed by atoms with Crippen molar-refractivity contribution in [3.63, 3.8) is 0 Å². The smallest absolute Gasteiger partial charge is 0.307 e. The number of amides is 1. The van der Waals surface area contributed by atoms with E-state index in [2.05, 4.69) is 0 Å². The highest BCUT2D eigenvalue weighted by atomic mass is 32.2. The van der Waals surface area contributed by atoms with E-state index in [-0.39, 0.29) is 28.8 Å². The summed E-state index contributed by atoms with van der Waals surface area (Å²) in [6.45, 7) is 1.16. The predicted molar refractivity (Wildman–Crippen MR) is 108 cm³/mol. The van der Waals surface area contributed by atoms with Crippen molar-refractivity contribution in [1.29, 1.82) is 0 Å². The van der Waals surface area contributed by atoms with Gasteiger partial charge in [-0.15, -0.1) is 0 Å². The van der Waals surface area contributed by atoms with Gasteiger partial charge in [0.1, 0.15) is 0 Å². The Hall–Kier alpha value is -2.49. The summed E-state index contributed by atoms with van der Waals surface area (Å²) in [6, 6.07) is 13.7. The molecule has 4 rings (SSSR count). The minimum absolute atomic E-state index is 0.0897. The summed E-state index contributed by atoms with van der Waals surface area (Å²) >= 11 is 1.03. The molecule has 0 atom stereocenters. The topological polar surface area (TPSA) is 79.7 Å². The molecule has 0 aliphatic carbocycles. The van der Waals surface area contributed by atoms with E-state index in [0.717, 1.165) is 11.3 Å². The molecule has 3 aromatic rings. The Morgan fingerprint density at radius 3 is 2.36 bits per heavy atom. The van der Waals surface area contributed by atoms with Gasteiger partial charge in [0.2, 0.25) is 10.0 Å². The summed E-state index contributed by atoms with van der Waals surface area (Å²) in [7, 11) is -2.02. The number of nitrogens with zero attached hydrogens (tertiary/aromatic N) is 3. The third kappa shape index (κ3) is 3.25. The Kier molecular flexibility index (Phi) is 4.82. The summed E-state index contributed by atoms with van der Waals surface area (Å²) in [4.78, 5) is 26.1. The molecule has 146 valence electrons. The van der Waals surface area contributed by atoms with Crippen molar-refractivity contribution in [2.45, 2.75) is 4.90 Å². The Labute approximate surface area is 166 Å². The molecule has 28 heavy (non-hydrogen) atoms. The van der Waals surface area contributed by atoms with E-state index in [0.29, 0.717) is 28.9 Å². The molecule has 1 saturated heterocycles. The zero-order valence-corrected chi connectivity index (χ0v) is 16.9. The largest absolute Gasteiger partial charge is 0.336 e. The molecule has 0 radical (unpaired) electrons. The van der Waals surface area contributed by atoms with Crippen LogP contribution in [0.3, 0.4) is 0 Å². The van der Waals surface area contributed by atoms with Crippen LogP contribution >= 0.6 is 11.3 Å². The van der Waals surface area contributed by atoms with Crippen LogP contribution in [-0.2, 0) is 17.1 Å². The number of carbonyl (C=O) groups excluding carboxylic acids is 1. The van der Waals surface area contributed by atoms with Gasteiger partial charge >= 0.3 is 4.87 Å². The molecule has 9 heteroatoms. The Morgan fingerprint density at radius 2 is 1.68 bits per heavy atom. The fourth-order valence-corrected chi connectivity index (χ4v) is 5.76. The van der Waals surface area contributed by atoms with Crippen LogP contribution in [0.2, 0.25) is 0 Å². The number of aryl methyl sites for hydroxylation is 1. The molecule has 1 fully saturated rings. The average Bonchev–Trinajstić information content (AvgIpc) is 3.01. The third-order valence-electron chi connectivity index (χ3n) is 4.95. The minimum atomic E-state index is -3.68. The Bertz CT molecular complexity index is 1190. The van der Waals surface area contributed by atoms with Gasteiger partial charge in [-0.3, -0.25) is 9.59 Å². The fourth-order valence-electron chi connectivity index (χ4n) is 3.32. The van der Waals surface area contributed by atoms with E-state index in [9.17, 15) is 18.0 Å². The van der Waals surface area contributed by atoms with Crippen LogP contribution < -0.4 is 4.87 Å². The van der Waals surface area contributed by atoms with Crippen LogP contribution in [0.15, 0.2) is 58.2 Å². The van der Waals surface area contributed by atoms with Gasteiger partial charge in [-0.2, -0.15) is 4.31 Å². The SMILES string of the molecule is Cn1c(=O)sc2cc(S(=O)(=O)N3CCN(C(=O)c4ccccc4)CC3)ccc21. The molecular formula is C19H19N3O4S2. The van der Waals surface area contributed by atoms with E-state index in [1.54, 1.807) is 36.2 Å². The van der Waals surface area contributed by atoms with Gasteiger partial charge in [-0.25, -0.2) is 8.42 Å².